The zero-order valence-corrected chi connectivity index (χ0v) is 18.6. The Labute approximate surface area is 182 Å². The molecule has 2 aliphatic rings. The Hall–Kier alpha value is -2.10. The average Bonchev–Trinajstić information content (AvgIpc) is 2.80. The van der Waals surface area contributed by atoms with E-state index >= 15 is 0 Å². The van der Waals surface area contributed by atoms with E-state index in [0.29, 0.717) is 37.0 Å². The first kappa shape index (κ1) is 21.1. The van der Waals surface area contributed by atoms with Crippen molar-refractivity contribution in [3.05, 3.63) is 35.4 Å². The number of sulfonamides is 1. The molecule has 0 amide bonds. The molecule has 1 aromatic heterocycles. The second-order valence-corrected chi connectivity index (χ2v) is 9.83. The molecule has 4 rings (SSSR count). The molecule has 0 aliphatic carbocycles. The van der Waals surface area contributed by atoms with Gasteiger partial charge in [-0.25, -0.2) is 8.42 Å². The van der Waals surface area contributed by atoms with Crippen LogP contribution in [0.15, 0.2) is 35.2 Å². The number of ether oxygens (including phenoxy) is 1. The molecule has 0 atom stereocenters. The van der Waals surface area contributed by atoms with Gasteiger partial charge in [0.1, 0.15) is 10.6 Å². The first-order valence-electron chi connectivity index (χ1n) is 10.2. The van der Waals surface area contributed by atoms with Crippen molar-refractivity contribution in [1.82, 2.24) is 14.5 Å². The number of hydrogen-bond acceptors (Lipinski definition) is 7. The number of anilines is 2. The molecule has 1 aromatic carbocycles. The van der Waals surface area contributed by atoms with Gasteiger partial charge in [-0.05, 0) is 49.6 Å². The molecule has 2 saturated heterocycles. The normalized spacial score (nSPS) is 18.5. The molecule has 2 aromatic rings. The van der Waals surface area contributed by atoms with Crippen LogP contribution in [0.3, 0.4) is 0 Å². The van der Waals surface area contributed by atoms with Crippen molar-refractivity contribution in [2.24, 2.45) is 0 Å². The summed E-state index contributed by atoms with van der Waals surface area (Å²) in [7, 11) is -2.25. The highest BCUT2D eigenvalue weighted by molar-refractivity contribution is 7.89. The largest absolute Gasteiger partial charge is 0.495 e. The van der Waals surface area contributed by atoms with E-state index in [4.69, 9.17) is 16.3 Å². The van der Waals surface area contributed by atoms with Gasteiger partial charge in [-0.2, -0.15) is 4.31 Å². The summed E-state index contributed by atoms with van der Waals surface area (Å²) in [6, 6.07) is 8.61. The molecule has 0 spiro atoms. The van der Waals surface area contributed by atoms with Crippen molar-refractivity contribution < 1.29 is 13.2 Å². The zero-order valence-electron chi connectivity index (χ0n) is 17.0. The number of nitrogens with zero attached hydrogens (tertiary/aromatic N) is 5. The Morgan fingerprint density at radius 3 is 2.03 bits per heavy atom. The number of rotatable bonds is 5. The van der Waals surface area contributed by atoms with Crippen molar-refractivity contribution in [3.63, 3.8) is 0 Å². The third kappa shape index (κ3) is 4.33. The minimum atomic E-state index is -3.70. The predicted molar refractivity (Wildman–Crippen MR) is 117 cm³/mol. The molecule has 0 bridgehead atoms. The van der Waals surface area contributed by atoms with Gasteiger partial charge in [0.05, 0.1) is 7.11 Å². The van der Waals surface area contributed by atoms with Gasteiger partial charge in [0.25, 0.3) is 0 Å². The highest BCUT2D eigenvalue weighted by atomic mass is 35.5. The van der Waals surface area contributed by atoms with E-state index in [2.05, 4.69) is 20.0 Å². The number of piperazine rings is 1. The fraction of sp³-hybridized carbons (Fsp3) is 0.500. The van der Waals surface area contributed by atoms with Crippen LogP contribution in [0.2, 0.25) is 5.02 Å². The van der Waals surface area contributed by atoms with Crippen LogP contribution in [0.4, 0.5) is 11.6 Å². The lowest BCUT2D eigenvalue weighted by Crippen LogP contribution is -2.49. The summed E-state index contributed by atoms with van der Waals surface area (Å²) in [6.45, 7) is 3.84. The summed E-state index contributed by atoms with van der Waals surface area (Å²) in [5.74, 6) is 1.97. The highest BCUT2D eigenvalue weighted by Crippen LogP contribution is 2.30. The fourth-order valence-electron chi connectivity index (χ4n) is 3.93. The van der Waals surface area contributed by atoms with Crippen molar-refractivity contribution in [1.29, 1.82) is 0 Å². The summed E-state index contributed by atoms with van der Waals surface area (Å²) < 4.78 is 32.9. The van der Waals surface area contributed by atoms with Crippen molar-refractivity contribution in [2.45, 2.75) is 24.2 Å². The second-order valence-electron chi connectivity index (χ2n) is 7.48. The minimum absolute atomic E-state index is 0.0941. The van der Waals surface area contributed by atoms with Gasteiger partial charge < -0.3 is 14.5 Å². The molecule has 2 aliphatic heterocycles. The Morgan fingerprint density at radius 1 is 0.867 bits per heavy atom. The predicted octanol–water partition coefficient (Wildman–Crippen LogP) is 2.64. The van der Waals surface area contributed by atoms with E-state index in [1.165, 1.54) is 36.7 Å². The first-order valence-corrected chi connectivity index (χ1v) is 12.0. The van der Waals surface area contributed by atoms with Gasteiger partial charge in [0, 0.05) is 44.3 Å². The summed E-state index contributed by atoms with van der Waals surface area (Å²) >= 11 is 6.03. The van der Waals surface area contributed by atoms with E-state index in [0.717, 1.165) is 24.7 Å². The molecule has 8 nitrogen and oxygen atoms in total. The molecule has 30 heavy (non-hydrogen) atoms. The standard InChI is InChI=1S/C20H26ClN5O3S/c1-29-17-6-5-16(21)15-18(17)30(27,28)26-13-11-25(12-14-26)20-8-7-19(22-23-20)24-9-3-2-4-10-24/h5-8,15H,2-4,9-14H2,1H3. The van der Waals surface area contributed by atoms with Gasteiger partial charge in [0.15, 0.2) is 11.6 Å². The Balaban J connectivity index is 1.43. The maximum absolute atomic E-state index is 13.1. The maximum Gasteiger partial charge on any atom is 0.246 e. The number of hydrogen-bond donors (Lipinski definition) is 0. The van der Waals surface area contributed by atoms with Crippen LogP contribution in [0.5, 0.6) is 5.75 Å². The number of aromatic nitrogens is 2. The molecular weight excluding hydrogens is 426 g/mol. The summed E-state index contributed by atoms with van der Waals surface area (Å²) in [6.07, 6.45) is 3.66. The monoisotopic (exact) mass is 451 g/mol. The molecule has 162 valence electrons. The molecule has 0 saturated carbocycles. The lowest BCUT2D eigenvalue weighted by molar-refractivity contribution is 0.373. The van der Waals surface area contributed by atoms with Gasteiger partial charge in [-0.3, -0.25) is 0 Å². The van der Waals surface area contributed by atoms with Crippen molar-refractivity contribution >= 4 is 33.3 Å². The smallest absolute Gasteiger partial charge is 0.246 e. The molecular formula is C20H26ClN5O3S. The van der Waals surface area contributed by atoms with Crippen molar-refractivity contribution in [2.75, 3.05) is 56.2 Å². The van der Waals surface area contributed by atoms with Crippen LogP contribution in [-0.2, 0) is 10.0 Å². The zero-order chi connectivity index (χ0) is 21.1. The van der Waals surface area contributed by atoms with Gasteiger partial charge in [0.2, 0.25) is 10.0 Å². The van der Waals surface area contributed by atoms with E-state index in [1.54, 1.807) is 12.1 Å². The van der Waals surface area contributed by atoms with Gasteiger partial charge in [-0.15, -0.1) is 10.2 Å². The van der Waals surface area contributed by atoms with E-state index < -0.39 is 10.0 Å². The molecule has 0 N–H and O–H groups in total. The Kier molecular flexibility index (Phi) is 6.31. The summed E-state index contributed by atoms with van der Waals surface area (Å²) in [5, 5.41) is 9.15. The lowest BCUT2D eigenvalue weighted by atomic mass is 10.1. The van der Waals surface area contributed by atoms with Crippen LogP contribution in [0, 0.1) is 0 Å². The van der Waals surface area contributed by atoms with Crippen molar-refractivity contribution in [3.8, 4) is 5.75 Å². The number of halogens is 1. The van der Waals surface area contributed by atoms with E-state index in [9.17, 15) is 8.42 Å². The van der Waals surface area contributed by atoms with Crippen LogP contribution < -0.4 is 14.5 Å². The highest BCUT2D eigenvalue weighted by Gasteiger charge is 2.31. The molecule has 10 heteroatoms. The van der Waals surface area contributed by atoms with Gasteiger partial charge in [-0.1, -0.05) is 11.6 Å². The van der Waals surface area contributed by atoms with E-state index in [-0.39, 0.29) is 4.90 Å². The quantitative estimate of drug-likeness (QED) is 0.691. The Bertz CT molecular complexity index is 972. The minimum Gasteiger partial charge on any atom is -0.495 e. The second kappa shape index (κ2) is 8.95. The molecule has 3 heterocycles. The summed E-state index contributed by atoms with van der Waals surface area (Å²) in [4.78, 5) is 4.42. The third-order valence-corrected chi connectivity index (χ3v) is 7.78. The lowest BCUT2D eigenvalue weighted by Gasteiger charge is -2.35. The average molecular weight is 452 g/mol. The number of piperidine rings is 1. The fourth-order valence-corrected chi connectivity index (χ4v) is 5.77. The van der Waals surface area contributed by atoms with Crippen LogP contribution in [0.25, 0.3) is 0 Å². The van der Waals surface area contributed by atoms with Gasteiger partial charge >= 0.3 is 0 Å². The number of benzene rings is 1. The third-order valence-electron chi connectivity index (χ3n) is 5.62. The maximum atomic E-state index is 13.1. The van der Waals surface area contributed by atoms with E-state index in [1.807, 2.05) is 12.1 Å². The Morgan fingerprint density at radius 2 is 1.47 bits per heavy atom. The van der Waals surface area contributed by atoms with Crippen LogP contribution in [-0.4, -0.2) is 69.3 Å². The van der Waals surface area contributed by atoms with Crippen LogP contribution in [0.1, 0.15) is 19.3 Å². The topological polar surface area (TPSA) is 78.9 Å². The number of methoxy groups -OCH3 is 1. The SMILES string of the molecule is COc1ccc(Cl)cc1S(=O)(=O)N1CCN(c2ccc(N3CCCCC3)nn2)CC1. The summed E-state index contributed by atoms with van der Waals surface area (Å²) in [5.41, 5.74) is 0. The first-order chi connectivity index (χ1) is 14.5. The van der Waals surface area contributed by atoms with Crippen LogP contribution >= 0.6 is 11.6 Å². The molecule has 2 fully saturated rings. The molecule has 0 unspecified atom stereocenters. The molecule has 0 radical (unpaired) electrons.